The first-order valence-electron chi connectivity index (χ1n) is 4.56. The molecule has 0 spiro atoms. The fraction of sp³-hybridized carbons (Fsp3) is 0.200. The molecular formula is C10H7F4NO3. The molecule has 0 saturated carbocycles. The normalized spacial score (nSPS) is 12.9. The third-order valence-electron chi connectivity index (χ3n) is 2.06. The van der Waals surface area contributed by atoms with Gasteiger partial charge in [0.15, 0.2) is 6.04 Å². The third-order valence-corrected chi connectivity index (χ3v) is 2.06. The van der Waals surface area contributed by atoms with Crippen LogP contribution in [0.1, 0.15) is 17.2 Å². The average molecular weight is 265 g/mol. The van der Waals surface area contributed by atoms with Gasteiger partial charge in [0.2, 0.25) is 6.41 Å². The molecule has 1 rings (SSSR count). The summed E-state index contributed by atoms with van der Waals surface area (Å²) < 4.78 is 50.2. The second kappa shape index (κ2) is 5.03. The van der Waals surface area contributed by atoms with E-state index in [0.29, 0.717) is 12.1 Å². The standard InChI is InChI=1S/C10H7F4NO3/c11-7-2-5(8(9(17)18)15-4-16)1-6(3-7)10(12,13)14/h1-4,8H,(H,15,16)(H,17,18). The number of benzene rings is 1. The molecule has 0 heterocycles. The van der Waals surface area contributed by atoms with Crippen LogP contribution in [0.4, 0.5) is 17.6 Å². The van der Waals surface area contributed by atoms with Crippen LogP contribution >= 0.6 is 0 Å². The minimum Gasteiger partial charge on any atom is -0.479 e. The first-order valence-corrected chi connectivity index (χ1v) is 4.56. The number of carbonyl (C=O) groups is 2. The summed E-state index contributed by atoms with van der Waals surface area (Å²) in [6.45, 7) is 0. The van der Waals surface area contributed by atoms with Crippen molar-refractivity contribution in [2.45, 2.75) is 12.2 Å². The number of hydrogen-bond donors (Lipinski definition) is 2. The summed E-state index contributed by atoms with van der Waals surface area (Å²) in [7, 11) is 0. The average Bonchev–Trinajstić information content (AvgIpc) is 2.23. The van der Waals surface area contributed by atoms with Gasteiger partial charge in [0.1, 0.15) is 5.82 Å². The van der Waals surface area contributed by atoms with Crippen molar-refractivity contribution in [3.63, 3.8) is 0 Å². The molecule has 0 aliphatic carbocycles. The maximum Gasteiger partial charge on any atom is 0.416 e. The van der Waals surface area contributed by atoms with E-state index in [-0.39, 0.29) is 12.5 Å². The van der Waals surface area contributed by atoms with Crippen molar-refractivity contribution in [2.24, 2.45) is 0 Å². The highest BCUT2D eigenvalue weighted by Gasteiger charge is 2.32. The summed E-state index contributed by atoms with van der Waals surface area (Å²) in [4.78, 5) is 20.9. The monoisotopic (exact) mass is 265 g/mol. The molecule has 0 fully saturated rings. The third kappa shape index (κ3) is 3.19. The number of nitrogens with one attached hydrogen (secondary N) is 1. The summed E-state index contributed by atoms with van der Waals surface area (Å²) in [6, 6.07) is -0.411. The van der Waals surface area contributed by atoms with Gasteiger partial charge < -0.3 is 10.4 Å². The quantitative estimate of drug-likeness (QED) is 0.643. The molecule has 1 aromatic carbocycles. The number of aliphatic carboxylic acids is 1. The van der Waals surface area contributed by atoms with E-state index >= 15 is 0 Å². The molecule has 1 unspecified atom stereocenters. The van der Waals surface area contributed by atoms with E-state index < -0.39 is 35.1 Å². The second-order valence-electron chi connectivity index (χ2n) is 3.33. The zero-order chi connectivity index (χ0) is 13.9. The molecule has 0 saturated heterocycles. The van der Waals surface area contributed by atoms with Gasteiger partial charge in [0.25, 0.3) is 0 Å². The maximum absolute atomic E-state index is 13.0. The number of rotatable bonds is 4. The number of halogens is 4. The molecule has 18 heavy (non-hydrogen) atoms. The van der Waals surface area contributed by atoms with Gasteiger partial charge >= 0.3 is 12.1 Å². The van der Waals surface area contributed by atoms with Crippen LogP contribution < -0.4 is 5.32 Å². The van der Waals surface area contributed by atoms with E-state index in [9.17, 15) is 27.2 Å². The zero-order valence-corrected chi connectivity index (χ0v) is 8.66. The number of carboxylic acids is 1. The lowest BCUT2D eigenvalue weighted by atomic mass is 10.0. The Morgan fingerprint density at radius 3 is 2.39 bits per heavy atom. The highest BCUT2D eigenvalue weighted by atomic mass is 19.4. The molecule has 0 aromatic heterocycles. The molecule has 0 radical (unpaired) electrons. The van der Waals surface area contributed by atoms with E-state index in [4.69, 9.17) is 5.11 Å². The van der Waals surface area contributed by atoms with Gasteiger partial charge in [0.05, 0.1) is 5.56 Å². The predicted octanol–water partition coefficient (Wildman–Crippen LogP) is 1.72. The van der Waals surface area contributed by atoms with Gasteiger partial charge in [-0.3, -0.25) is 4.79 Å². The SMILES string of the molecule is O=CNC(C(=O)O)c1cc(F)cc(C(F)(F)F)c1. The Kier molecular flexibility index (Phi) is 3.89. The molecule has 1 atom stereocenters. The van der Waals surface area contributed by atoms with Gasteiger partial charge in [-0.25, -0.2) is 9.18 Å². The van der Waals surface area contributed by atoms with E-state index in [0.717, 1.165) is 0 Å². The number of amides is 1. The van der Waals surface area contributed by atoms with Gasteiger partial charge in [-0.05, 0) is 23.8 Å². The molecule has 98 valence electrons. The fourth-order valence-corrected chi connectivity index (χ4v) is 1.32. The molecule has 0 aliphatic heterocycles. The first-order chi connectivity index (χ1) is 8.25. The Bertz CT molecular complexity index is 473. The highest BCUT2D eigenvalue weighted by Crippen LogP contribution is 2.31. The summed E-state index contributed by atoms with van der Waals surface area (Å²) in [5.41, 5.74) is -1.82. The molecule has 1 aromatic rings. The molecule has 4 nitrogen and oxygen atoms in total. The van der Waals surface area contributed by atoms with Crippen molar-refractivity contribution in [3.8, 4) is 0 Å². The van der Waals surface area contributed by atoms with Crippen LogP contribution in [0, 0.1) is 5.82 Å². The van der Waals surface area contributed by atoms with Crippen LogP contribution in [0.5, 0.6) is 0 Å². The van der Waals surface area contributed by atoms with Gasteiger partial charge in [-0.1, -0.05) is 0 Å². The second-order valence-corrected chi connectivity index (χ2v) is 3.33. The number of carboxylic acid groups (broad SMARTS) is 1. The zero-order valence-electron chi connectivity index (χ0n) is 8.66. The topological polar surface area (TPSA) is 66.4 Å². The number of carbonyl (C=O) groups excluding carboxylic acids is 1. The smallest absolute Gasteiger partial charge is 0.416 e. The van der Waals surface area contributed by atoms with Crippen molar-refractivity contribution in [1.82, 2.24) is 5.32 Å². The Labute approximate surface area is 98.2 Å². The Morgan fingerprint density at radius 2 is 1.94 bits per heavy atom. The lowest BCUT2D eigenvalue weighted by Crippen LogP contribution is -2.27. The predicted molar refractivity (Wildman–Crippen MR) is 51.0 cm³/mol. The summed E-state index contributed by atoms with van der Waals surface area (Å²) >= 11 is 0. The van der Waals surface area contributed by atoms with Crippen molar-refractivity contribution in [1.29, 1.82) is 0 Å². The van der Waals surface area contributed by atoms with E-state index in [2.05, 4.69) is 0 Å². The molecule has 0 bridgehead atoms. The van der Waals surface area contributed by atoms with Crippen LogP contribution in [0.3, 0.4) is 0 Å². The molecule has 1 amide bonds. The van der Waals surface area contributed by atoms with Crippen LogP contribution in [0.15, 0.2) is 18.2 Å². The molecular weight excluding hydrogens is 258 g/mol. The highest BCUT2D eigenvalue weighted by molar-refractivity contribution is 5.78. The molecule has 8 heteroatoms. The fourth-order valence-electron chi connectivity index (χ4n) is 1.32. The largest absolute Gasteiger partial charge is 0.479 e. The van der Waals surface area contributed by atoms with Crippen LogP contribution in [0.25, 0.3) is 0 Å². The van der Waals surface area contributed by atoms with Gasteiger partial charge in [-0.2, -0.15) is 13.2 Å². The maximum atomic E-state index is 13.0. The molecule has 2 N–H and O–H groups in total. The van der Waals surface area contributed by atoms with Crippen LogP contribution in [-0.4, -0.2) is 17.5 Å². The Balaban J connectivity index is 3.27. The van der Waals surface area contributed by atoms with Crippen molar-refractivity contribution >= 4 is 12.4 Å². The molecule has 0 aliphatic rings. The van der Waals surface area contributed by atoms with Crippen LogP contribution in [0.2, 0.25) is 0 Å². The Hall–Kier alpha value is -2.12. The lowest BCUT2D eigenvalue weighted by molar-refractivity contribution is -0.141. The van der Waals surface area contributed by atoms with Crippen LogP contribution in [-0.2, 0) is 15.8 Å². The summed E-state index contributed by atoms with van der Waals surface area (Å²) in [5.74, 6) is -2.83. The Morgan fingerprint density at radius 1 is 1.33 bits per heavy atom. The van der Waals surface area contributed by atoms with E-state index in [1.165, 1.54) is 0 Å². The number of alkyl halides is 3. The number of hydrogen-bond acceptors (Lipinski definition) is 2. The summed E-state index contributed by atoms with van der Waals surface area (Å²) in [5, 5.41) is 10.5. The lowest BCUT2D eigenvalue weighted by Gasteiger charge is -2.14. The van der Waals surface area contributed by atoms with Crippen molar-refractivity contribution in [3.05, 3.63) is 35.1 Å². The van der Waals surface area contributed by atoms with Crippen molar-refractivity contribution < 1.29 is 32.3 Å². The summed E-state index contributed by atoms with van der Waals surface area (Å²) in [6.07, 6.45) is -4.79. The van der Waals surface area contributed by atoms with E-state index in [1.807, 2.05) is 0 Å². The minimum atomic E-state index is -4.80. The minimum absolute atomic E-state index is 0.0109. The van der Waals surface area contributed by atoms with E-state index in [1.54, 1.807) is 5.32 Å². The van der Waals surface area contributed by atoms with Crippen molar-refractivity contribution in [2.75, 3.05) is 0 Å². The van der Waals surface area contributed by atoms with Gasteiger partial charge in [-0.15, -0.1) is 0 Å². The van der Waals surface area contributed by atoms with Gasteiger partial charge in [0, 0.05) is 0 Å². The first kappa shape index (κ1) is 13.9.